The monoisotopic (exact) mass is 222 g/mol. The predicted octanol–water partition coefficient (Wildman–Crippen LogP) is 2.96. The molecule has 0 aliphatic carbocycles. The first-order chi connectivity index (χ1) is 7.18. The Labute approximate surface area is 97.9 Å². The normalized spacial score (nSPS) is 12.9. The third kappa shape index (κ3) is 2.56. The van der Waals surface area contributed by atoms with E-state index in [1.54, 1.807) is 6.07 Å². The molecule has 0 aliphatic rings. The zero-order chi connectivity index (χ0) is 12.6. The number of phenols is 1. The fourth-order valence-corrected chi connectivity index (χ4v) is 1.65. The molecule has 0 aliphatic heterocycles. The number of benzene rings is 1. The molecule has 2 N–H and O–H groups in total. The van der Waals surface area contributed by atoms with Gasteiger partial charge in [0.25, 0.3) is 0 Å². The number of aliphatic hydroxyl groups excluding tert-OH is 1. The van der Waals surface area contributed by atoms with Crippen LogP contribution in [0.15, 0.2) is 18.2 Å². The molecule has 0 saturated heterocycles. The molecule has 90 valence electrons. The average molecular weight is 222 g/mol. The molecule has 1 aromatic carbocycles. The van der Waals surface area contributed by atoms with Crippen molar-refractivity contribution >= 4 is 0 Å². The third-order valence-corrected chi connectivity index (χ3v) is 2.98. The highest BCUT2D eigenvalue weighted by atomic mass is 16.3. The zero-order valence-corrected chi connectivity index (χ0v) is 10.8. The Kier molecular flexibility index (Phi) is 3.34. The highest BCUT2D eigenvalue weighted by Gasteiger charge is 2.24. The van der Waals surface area contributed by atoms with Crippen LogP contribution < -0.4 is 0 Å². The van der Waals surface area contributed by atoms with E-state index in [-0.39, 0.29) is 17.4 Å². The van der Waals surface area contributed by atoms with Gasteiger partial charge in [-0.05, 0) is 22.6 Å². The number of hydrogen-bond donors (Lipinski definition) is 2. The second-order valence-corrected chi connectivity index (χ2v) is 6.02. The molecule has 0 amide bonds. The maximum atomic E-state index is 9.85. The van der Waals surface area contributed by atoms with Crippen LogP contribution in [0.5, 0.6) is 5.75 Å². The fraction of sp³-hybridized carbons (Fsp3) is 0.571. The molecule has 0 unspecified atom stereocenters. The largest absolute Gasteiger partial charge is 0.508 e. The lowest BCUT2D eigenvalue weighted by Crippen LogP contribution is -2.23. The molecule has 0 radical (unpaired) electrons. The van der Waals surface area contributed by atoms with Gasteiger partial charge in [-0.25, -0.2) is 0 Å². The number of aliphatic hydroxyl groups is 1. The standard InChI is InChI=1S/C14H22O2/c1-13(2,3)11-8-10(6-7-12(11)16)14(4,5)9-15/h6-8,15-16H,9H2,1-5H3. The second kappa shape index (κ2) is 4.10. The summed E-state index contributed by atoms with van der Waals surface area (Å²) in [7, 11) is 0. The molecule has 0 saturated carbocycles. The van der Waals surface area contributed by atoms with E-state index >= 15 is 0 Å². The molecular formula is C14H22O2. The molecule has 2 nitrogen and oxygen atoms in total. The third-order valence-electron chi connectivity index (χ3n) is 2.98. The molecule has 0 aromatic heterocycles. The second-order valence-electron chi connectivity index (χ2n) is 6.02. The summed E-state index contributed by atoms with van der Waals surface area (Å²) in [5.74, 6) is 0.324. The number of aromatic hydroxyl groups is 1. The van der Waals surface area contributed by atoms with Crippen LogP contribution in [0.4, 0.5) is 0 Å². The van der Waals surface area contributed by atoms with Gasteiger partial charge in [-0.3, -0.25) is 0 Å². The van der Waals surface area contributed by atoms with Crippen molar-refractivity contribution in [2.24, 2.45) is 0 Å². The maximum absolute atomic E-state index is 9.85. The van der Waals surface area contributed by atoms with Gasteiger partial charge < -0.3 is 10.2 Å². The van der Waals surface area contributed by atoms with Crippen molar-refractivity contribution in [3.63, 3.8) is 0 Å². The van der Waals surface area contributed by atoms with Crippen LogP contribution in [0.25, 0.3) is 0 Å². The molecule has 1 rings (SSSR count). The molecule has 0 atom stereocenters. The van der Waals surface area contributed by atoms with Crippen molar-refractivity contribution in [3.05, 3.63) is 29.3 Å². The van der Waals surface area contributed by atoms with Gasteiger partial charge in [0.15, 0.2) is 0 Å². The van der Waals surface area contributed by atoms with Crippen molar-refractivity contribution < 1.29 is 10.2 Å². The minimum Gasteiger partial charge on any atom is -0.508 e. The highest BCUT2D eigenvalue weighted by Crippen LogP contribution is 2.34. The summed E-state index contributed by atoms with van der Waals surface area (Å²) in [5.41, 5.74) is 1.61. The van der Waals surface area contributed by atoms with E-state index in [9.17, 15) is 10.2 Å². The van der Waals surface area contributed by atoms with E-state index in [2.05, 4.69) is 20.8 Å². The Hall–Kier alpha value is -1.02. The lowest BCUT2D eigenvalue weighted by Gasteiger charge is -2.27. The first kappa shape index (κ1) is 13.0. The van der Waals surface area contributed by atoms with E-state index in [0.29, 0.717) is 5.75 Å². The van der Waals surface area contributed by atoms with Crippen molar-refractivity contribution in [1.29, 1.82) is 0 Å². The first-order valence-corrected chi connectivity index (χ1v) is 5.63. The highest BCUT2D eigenvalue weighted by molar-refractivity contribution is 5.42. The van der Waals surface area contributed by atoms with Crippen LogP contribution in [0, 0.1) is 0 Å². The van der Waals surface area contributed by atoms with Crippen molar-refractivity contribution in [2.45, 2.75) is 45.4 Å². The van der Waals surface area contributed by atoms with Crippen LogP contribution in [0.2, 0.25) is 0 Å². The molecule has 0 heterocycles. The van der Waals surface area contributed by atoms with Crippen LogP contribution in [0.3, 0.4) is 0 Å². The van der Waals surface area contributed by atoms with Gasteiger partial charge in [0, 0.05) is 5.41 Å². The maximum Gasteiger partial charge on any atom is 0.119 e. The van der Waals surface area contributed by atoms with E-state index < -0.39 is 0 Å². The van der Waals surface area contributed by atoms with Crippen LogP contribution in [-0.4, -0.2) is 16.8 Å². The summed E-state index contributed by atoms with van der Waals surface area (Å²) in [4.78, 5) is 0. The van der Waals surface area contributed by atoms with Crippen molar-refractivity contribution in [3.8, 4) is 5.75 Å². The van der Waals surface area contributed by atoms with Crippen LogP contribution in [-0.2, 0) is 10.8 Å². The first-order valence-electron chi connectivity index (χ1n) is 5.63. The average Bonchev–Trinajstić information content (AvgIpc) is 2.16. The summed E-state index contributed by atoms with van der Waals surface area (Å²) in [5, 5.41) is 19.2. The van der Waals surface area contributed by atoms with Gasteiger partial charge in [-0.2, -0.15) is 0 Å². The minimum atomic E-state index is -0.270. The van der Waals surface area contributed by atoms with E-state index in [4.69, 9.17) is 0 Å². The lowest BCUT2D eigenvalue weighted by molar-refractivity contribution is 0.218. The van der Waals surface area contributed by atoms with Crippen molar-refractivity contribution in [2.75, 3.05) is 6.61 Å². The predicted molar refractivity (Wildman–Crippen MR) is 66.9 cm³/mol. The molecular weight excluding hydrogens is 200 g/mol. The zero-order valence-electron chi connectivity index (χ0n) is 10.8. The number of phenolic OH excluding ortho intramolecular Hbond substituents is 1. The fourth-order valence-electron chi connectivity index (χ4n) is 1.65. The SMILES string of the molecule is CC(C)(C)c1cc(C(C)(C)CO)ccc1O. The van der Waals surface area contributed by atoms with E-state index in [1.807, 2.05) is 26.0 Å². The molecule has 0 bridgehead atoms. The number of hydrogen-bond acceptors (Lipinski definition) is 2. The molecule has 2 heteroatoms. The topological polar surface area (TPSA) is 40.5 Å². The van der Waals surface area contributed by atoms with E-state index in [1.165, 1.54) is 0 Å². The molecule has 1 aromatic rings. The molecule has 16 heavy (non-hydrogen) atoms. The van der Waals surface area contributed by atoms with Gasteiger partial charge in [0.2, 0.25) is 0 Å². The Morgan fingerprint density at radius 3 is 2.06 bits per heavy atom. The summed E-state index contributed by atoms with van der Waals surface area (Å²) in [6, 6.07) is 5.58. The molecule has 0 spiro atoms. The summed E-state index contributed by atoms with van der Waals surface area (Å²) >= 11 is 0. The van der Waals surface area contributed by atoms with Crippen LogP contribution in [0.1, 0.15) is 45.7 Å². The Balaban J connectivity index is 3.29. The quantitative estimate of drug-likeness (QED) is 0.807. The summed E-state index contributed by atoms with van der Waals surface area (Å²) in [6.45, 7) is 10.3. The Morgan fingerprint density at radius 1 is 1.06 bits per heavy atom. The lowest BCUT2D eigenvalue weighted by atomic mass is 9.80. The van der Waals surface area contributed by atoms with Gasteiger partial charge in [0.1, 0.15) is 5.75 Å². The summed E-state index contributed by atoms with van der Waals surface area (Å²) in [6.07, 6.45) is 0. The smallest absolute Gasteiger partial charge is 0.119 e. The van der Waals surface area contributed by atoms with Crippen molar-refractivity contribution in [1.82, 2.24) is 0 Å². The van der Waals surface area contributed by atoms with Gasteiger partial charge in [0.05, 0.1) is 6.61 Å². The van der Waals surface area contributed by atoms with Crippen LogP contribution >= 0.6 is 0 Å². The number of rotatable bonds is 2. The Bertz CT molecular complexity index is 373. The van der Waals surface area contributed by atoms with Gasteiger partial charge >= 0.3 is 0 Å². The summed E-state index contributed by atoms with van der Waals surface area (Å²) < 4.78 is 0. The van der Waals surface area contributed by atoms with Gasteiger partial charge in [-0.15, -0.1) is 0 Å². The Morgan fingerprint density at radius 2 is 1.62 bits per heavy atom. The van der Waals surface area contributed by atoms with Gasteiger partial charge in [-0.1, -0.05) is 46.8 Å². The molecule has 0 fully saturated rings. The van der Waals surface area contributed by atoms with E-state index in [0.717, 1.165) is 11.1 Å². The minimum absolute atomic E-state index is 0.0916.